The number of rotatable bonds is 4. The van der Waals surface area contributed by atoms with Gasteiger partial charge in [-0.15, -0.1) is 0 Å². The summed E-state index contributed by atoms with van der Waals surface area (Å²) in [7, 11) is 0. The van der Waals surface area contributed by atoms with Crippen molar-refractivity contribution in [2.45, 2.75) is 26.8 Å². The van der Waals surface area contributed by atoms with Gasteiger partial charge < -0.3 is 10.6 Å². The zero-order chi connectivity index (χ0) is 15.4. The Kier molecular flexibility index (Phi) is 4.37. The molecule has 2 N–H and O–H groups in total. The highest BCUT2D eigenvalue weighted by Gasteiger charge is 2.16. The van der Waals surface area contributed by atoms with Crippen molar-refractivity contribution in [1.29, 1.82) is 0 Å². The molecule has 0 aliphatic rings. The van der Waals surface area contributed by atoms with Crippen LogP contribution in [0.4, 0.5) is 11.4 Å². The van der Waals surface area contributed by atoms with E-state index in [-0.39, 0.29) is 11.8 Å². The summed E-state index contributed by atoms with van der Waals surface area (Å²) < 4.78 is 1.59. The van der Waals surface area contributed by atoms with Gasteiger partial charge in [0, 0.05) is 30.7 Å². The van der Waals surface area contributed by atoms with Gasteiger partial charge in [-0.25, -0.2) is 0 Å². The Morgan fingerprint density at radius 1 is 1.19 bits per heavy atom. The monoisotopic (exact) mass is 286 g/mol. The molecule has 1 aromatic carbocycles. The molecule has 0 saturated carbocycles. The van der Waals surface area contributed by atoms with Gasteiger partial charge in [-0.1, -0.05) is 6.07 Å². The first kappa shape index (κ1) is 14.8. The zero-order valence-corrected chi connectivity index (χ0v) is 12.3. The van der Waals surface area contributed by atoms with Crippen LogP contribution in [0.15, 0.2) is 36.7 Å². The van der Waals surface area contributed by atoms with E-state index in [2.05, 4.69) is 15.7 Å². The molecule has 2 amide bonds. The zero-order valence-electron chi connectivity index (χ0n) is 12.3. The van der Waals surface area contributed by atoms with E-state index in [4.69, 9.17) is 0 Å². The number of nitrogens with zero attached hydrogens (tertiary/aromatic N) is 2. The Labute approximate surface area is 123 Å². The fourth-order valence-electron chi connectivity index (χ4n) is 1.96. The number of aromatic nitrogens is 2. The second-order valence-electron chi connectivity index (χ2n) is 4.81. The lowest BCUT2D eigenvalue weighted by molar-refractivity contribution is -0.119. The molecule has 110 valence electrons. The molecule has 21 heavy (non-hydrogen) atoms. The largest absolute Gasteiger partial charge is 0.326 e. The highest BCUT2D eigenvalue weighted by molar-refractivity contribution is 5.96. The molecule has 6 nitrogen and oxygen atoms in total. The fourth-order valence-corrected chi connectivity index (χ4v) is 1.96. The van der Waals surface area contributed by atoms with E-state index in [1.807, 2.05) is 6.92 Å². The molecule has 0 saturated heterocycles. The SMILES string of the molecule is CC(=O)Nc1cccc(NC(=O)C(C)n2cccn2)c1C. The summed E-state index contributed by atoms with van der Waals surface area (Å²) in [6.45, 7) is 5.07. The van der Waals surface area contributed by atoms with E-state index in [1.54, 1.807) is 48.3 Å². The third-order valence-electron chi connectivity index (χ3n) is 3.20. The average Bonchev–Trinajstić information content (AvgIpc) is 2.96. The third-order valence-corrected chi connectivity index (χ3v) is 3.20. The molecule has 0 aliphatic carbocycles. The van der Waals surface area contributed by atoms with Crippen molar-refractivity contribution in [2.75, 3.05) is 10.6 Å². The Morgan fingerprint density at radius 2 is 1.86 bits per heavy atom. The number of hydrogen-bond donors (Lipinski definition) is 2. The summed E-state index contributed by atoms with van der Waals surface area (Å²) >= 11 is 0. The van der Waals surface area contributed by atoms with Crippen LogP contribution in [0.1, 0.15) is 25.5 Å². The molecule has 0 fully saturated rings. The lowest BCUT2D eigenvalue weighted by atomic mass is 10.1. The maximum Gasteiger partial charge on any atom is 0.248 e. The van der Waals surface area contributed by atoms with Crippen LogP contribution >= 0.6 is 0 Å². The average molecular weight is 286 g/mol. The summed E-state index contributed by atoms with van der Waals surface area (Å²) in [5.41, 5.74) is 2.17. The Bertz CT molecular complexity index is 650. The highest BCUT2D eigenvalue weighted by Crippen LogP contribution is 2.24. The Morgan fingerprint density at radius 3 is 2.43 bits per heavy atom. The standard InChI is InChI=1S/C15H18N4O2/c1-10-13(17-12(3)20)6-4-7-14(10)18-15(21)11(2)19-9-5-8-16-19/h4-9,11H,1-3H3,(H,17,20)(H,18,21). The Balaban J connectivity index is 2.16. The molecule has 2 rings (SSSR count). The molecule has 0 radical (unpaired) electrons. The third kappa shape index (κ3) is 3.47. The number of benzene rings is 1. The molecule has 0 aliphatic heterocycles. The number of amides is 2. The predicted molar refractivity (Wildman–Crippen MR) is 81.1 cm³/mol. The highest BCUT2D eigenvalue weighted by atomic mass is 16.2. The molecule has 1 aromatic heterocycles. The maximum absolute atomic E-state index is 12.2. The first-order valence-electron chi connectivity index (χ1n) is 6.66. The lowest BCUT2D eigenvalue weighted by Crippen LogP contribution is -2.24. The lowest BCUT2D eigenvalue weighted by Gasteiger charge is -2.16. The minimum atomic E-state index is -0.413. The van der Waals surface area contributed by atoms with Gasteiger partial charge in [0.05, 0.1) is 0 Å². The molecule has 1 heterocycles. The fraction of sp³-hybridized carbons (Fsp3) is 0.267. The van der Waals surface area contributed by atoms with Crippen molar-refractivity contribution in [2.24, 2.45) is 0 Å². The van der Waals surface area contributed by atoms with Crippen molar-refractivity contribution in [3.05, 3.63) is 42.2 Å². The van der Waals surface area contributed by atoms with Gasteiger partial charge in [0.25, 0.3) is 0 Å². The second kappa shape index (κ2) is 6.21. The van der Waals surface area contributed by atoms with Crippen molar-refractivity contribution in [3.8, 4) is 0 Å². The number of carbonyl (C=O) groups is 2. The predicted octanol–water partition coefficient (Wildman–Crippen LogP) is 2.35. The molecule has 1 unspecified atom stereocenters. The summed E-state index contributed by atoms with van der Waals surface area (Å²) in [6.07, 6.45) is 3.37. The van der Waals surface area contributed by atoms with Crippen LogP contribution < -0.4 is 10.6 Å². The molecule has 2 aromatic rings. The topological polar surface area (TPSA) is 76.0 Å². The first-order valence-corrected chi connectivity index (χ1v) is 6.66. The van der Waals surface area contributed by atoms with E-state index in [0.717, 1.165) is 5.56 Å². The quantitative estimate of drug-likeness (QED) is 0.905. The van der Waals surface area contributed by atoms with Crippen LogP contribution in [-0.4, -0.2) is 21.6 Å². The first-order chi connectivity index (χ1) is 9.99. The number of carbonyl (C=O) groups excluding carboxylic acids is 2. The van der Waals surface area contributed by atoms with Gasteiger partial charge in [0.2, 0.25) is 11.8 Å². The van der Waals surface area contributed by atoms with Crippen LogP contribution in [0.5, 0.6) is 0 Å². The van der Waals surface area contributed by atoms with E-state index in [1.165, 1.54) is 6.92 Å². The summed E-state index contributed by atoms with van der Waals surface area (Å²) in [6, 6.07) is 6.74. The molecular weight excluding hydrogens is 268 g/mol. The summed E-state index contributed by atoms with van der Waals surface area (Å²) in [5, 5.41) is 9.65. The van der Waals surface area contributed by atoms with Gasteiger partial charge in [0.15, 0.2) is 0 Å². The molecule has 1 atom stereocenters. The van der Waals surface area contributed by atoms with Crippen LogP contribution in [-0.2, 0) is 9.59 Å². The normalized spacial score (nSPS) is 11.8. The summed E-state index contributed by atoms with van der Waals surface area (Å²) in [4.78, 5) is 23.4. The van der Waals surface area contributed by atoms with E-state index in [9.17, 15) is 9.59 Å². The second-order valence-corrected chi connectivity index (χ2v) is 4.81. The molecule has 0 bridgehead atoms. The van der Waals surface area contributed by atoms with Crippen molar-refractivity contribution >= 4 is 23.2 Å². The van der Waals surface area contributed by atoms with Gasteiger partial charge in [-0.3, -0.25) is 14.3 Å². The summed E-state index contributed by atoms with van der Waals surface area (Å²) in [5.74, 6) is -0.312. The Hall–Kier alpha value is -2.63. The van der Waals surface area contributed by atoms with Crippen molar-refractivity contribution < 1.29 is 9.59 Å². The van der Waals surface area contributed by atoms with E-state index >= 15 is 0 Å². The van der Waals surface area contributed by atoms with Crippen molar-refractivity contribution in [1.82, 2.24) is 9.78 Å². The minimum absolute atomic E-state index is 0.147. The van der Waals surface area contributed by atoms with Gasteiger partial charge in [-0.05, 0) is 37.6 Å². The smallest absolute Gasteiger partial charge is 0.248 e. The number of hydrogen-bond acceptors (Lipinski definition) is 3. The molecule has 6 heteroatoms. The van der Waals surface area contributed by atoms with Crippen LogP contribution in [0, 0.1) is 6.92 Å². The molecule has 0 spiro atoms. The van der Waals surface area contributed by atoms with E-state index in [0.29, 0.717) is 11.4 Å². The van der Waals surface area contributed by atoms with Gasteiger partial charge >= 0.3 is 0 Å². The van der Waals surface area contributed by atoms with Gasteiger partial charge in [0.1, 0.15) is 6.04 Å². The van der Waals surface area contributed by atoms with Crippen LogP contribution in [0.2, 0.25) is 0 Å². The molecular formula is C15H18N4O2. The van der Waals surface area contributed by atoms with Crippen LogP contribution in [0.25, 0.3) is 0 Å². The van der Waals surface area contributed by atoms with Crippen LogP contribution in [0.3, 0.4) is 0 Å². The van der Waals surface area contributed by atoms with Gasteiger partial charge in [-0.2, -0.15) is 5.10 Å². The minimum Gasteiger partial charge on any atom is -0.326 e. The van der Waals surface area contributed by atoms with Crippen molar-refractivity contribution in [3.63, 3.8) is 0 Å². The number of nitrogens with one attached hydrogen (secondary N) is 2. The number of anilines is 2. The van der Waals surface area contributed by atoms with E-state index < -0.39 is 6.04 Å². The maximum atomic E-state index is 12.2.